The molecule has 1 fully saturated rings. The van der Waals surface area contributed by atoms with Gasteiger partial charge in [0.15, 0.2) is 0 Å². The molecule has 2 nitrogen and oxygen atoms in total. The fraction of sp³-hybridized carbons (Fsp3) is 0.500. The van der Waals surface area contributed by atoms with Gasteiger partial charge in [0.05, 0.1) is 0 Å². The molecule has 2 heterocycles. The van der Waals surface area contributed by atoms with Crippen LogP contribution in [0.2, 0.25) is 0 Å². The first kappa shape index (κ1) is 13.7. The van der Waals surface area contributed by atoms with Gasteiger partial charge in [0.1, 0.15) is 0 Å². The summed E-state index contributed by atoms with van der Waals surface area (Å²) in [5, 5.41) is 3.28. The van der Waals surface area contributed by atoms with Gasteiger partial charge >= 0.3 is 0 Å². The summed E-state index contributed by atoms with van der Waals surface area (Å²) in [6.45, 7) is 2.40. The van der Waals surface area contributed by atoms with Crippen molar-refractivity contribution in [3.8, 4) is 0 Å². The molecule has 1 aliphatic rings. The Morgan fingerprint density at radius 2 is 2.07 bits per heavy atom. The van der Waals surface area contributed by atoms with Crippen LogP contribution in [0.1, 0.15) is 12.1 Å². The van der Waals surface area contributed by atoms with Gasteiger partial charge in [-0.1, -0.05) is 6.07 Å². The van der Waals surface area contributed by atoms with E-state index in [-0.39, 0.29) is 24.8 Å². The Kier molecular flexibility index (Phi) is 6.89. The zero-order valence-electron chi connectivity index (χ0n) is 7.98. The molecule has 1 N–H and O–H groups in total. The number of rotatable bonds is 3. The predicted octanol–water partition coefficient (Wildman–Crippen LogP) is 2.08. The van der Waals surface area contributed by atoms with Crippen LogP contribution in [0, 0.1) is 5.92 Å². The summed E-state index contributed by atoms with van der Waals surface area (Å²) < 4.78 is 0. The number of hydrogen-bond donors (Lipinski definition) is 1. The fourth-order valence-corrected chi connectivity index (χ4v) is 1.45. The zero-order chi connectivity index (χ0) is 8.23. The topological polar surface area (TPSA) is 24.9 Å². The average molecular weight is 235 g/mol. The van der Waals surface area contributed by atoms with Gasteiger partial charge in [0.25, 0.3) is 0 Å². The Bertz CT molecular complexity index is 237. The molecular formula is C10H16Cl2N2. The highest BCUT2D eigenvalue weighted by molar-refractivity contribution is 5.85. The molecule has 0 bridgehead atoms. The monoisotopic (exact) mass is 234 g/mol. The number of nitrogens with zero attached hydrogens (tertiary/aromatic N) is 1. The minimum absolute atomic E-state index is 0. The maximum absolute atomic E-state index is 4.29. The summed E-state index contributed by atoms with van der Waals surface area (Å²) in [7, 11) is 0. The molecule has 1 aliphatic heterocycles. The molecule has 0 atom stereocenters. The molecule has 4 heteroatoms. The second-order valence-electron chi connectivity index (χ2n) is 3.38. The van der Waals surface area contributed by atoms with Crippen LogP contribution in [0.3, 0.4) is 0 Å². The third-order valence-electron chi connectivity index (χ3n) is 2.40. The Labute approximate surface area is 97.3 Å². The molecule has 0 unspecified atom stereocenters. The molecule has 0 amide bonds. The molecule has 1 aromatic rings. The van der Waals surface area contributed by atoms with Gasteiger partial charge in [-0.2, -0.15) is 0 Å². The van der Waals surface area contributed by atoms with Crippen molar-refractivity contribution in [2.24, 2.45) is 5.92 Å². The van der Waals surface area contributed by atoms with Gasteiger partial charge < -0.3 is 5.32 Å². The predicted molar refractivity (Wildman–Crippen MR) is 63.4 cm³/mol. The highest BCUT2D eigenvalue weighted by atomic mass is 35.5. The van der Waals surface area contributed by atoms with Gasteiger partial charge in [0, 0.05) is 11.9 Å². The van der Waals surface area contributed by atoms with Crippen molar-refractivity contribution in [2.75, 3.05) is 13.1 Å². The maximum atomic E-state index is 4.29. The Morgan fingerprint density at radius 1 is 1.29 bits per heavy atom. The van der Waals surface area contributed by atoms with Gasteiger partial charge in [-0.05, 0) is 44.0 Å². The number of nitrogens with one attached hydrogen (secondary N) is 1. The van der Waals surface area contributed by atoms with Gasteiger partial charge in [-0.3, -0.25) is 4.98 Å². The van der Waals surface area contributed by atoms with Crippen molar-refractivity contribution in [1.29, 1.82) is 0 Å². The third-order valence-corrected chi connectivity index (χ3v) is 2.40. The van der Waals surface area contributed by atoms with Crippen molar-refractivity contribution in [2.45, 2.75) is 12.8 Å². The Hall–Kier alpha value is -0.310. The molecule has 80 valence electrons. The fourth-order valence-electron chi connectivity index (χ4n) is 1.45. The van der Waals surface area contributed by atoms with E-state index in [0.717, 1.165) is 12.3 Å². The molecule has 1 aromatic heterocycles. The SMILES string of the molecule is Cl.Cl.c1ccc(CCC2CNC2)nc1. The first-order valence-electron chi connectivity index (χ1n) is 4.56. The highest BCUT2D eigenvalue weighted by Gasteiger charge is 2.15. The lowest BCUT2D eigenvalue weighted by atomic mass is 9.96. The first-order chi connectivity index (χ1) is 5.95. The van der Waals surface area contributed by atoms with E-state index >= 15 is 0 Å². The zero-order valence-corrected chi connectivity index (χ0v) is 9.61. The number of aromatic nitrogens is 1. The second-order valence-corrected chi connectivity index (χ2v) is 3.38. The van der Waals surface area contributed by atoms with E-state index in [2.05, 4.69) is 22.4 Å². The van der Waals surface area contributed by atoms with Gasteiger partial charge in [-0.25, -0.2) is 0 Å². The quantitative estimate of drug-likeness (QED) is 0.867. The van der Waals surface area contributed by atoms with Crippen LogP contribution in [0.15, 0.2) is 24.4 Å². The summed E-state index contributed by atoms with van der Waals surface area (Å²) in [6.07, 6.45) is 4.28. The molecule has 0 spiro atoms. The maximum Gasteiger partial charge on any atom is 0.0403 e. The van der Waals surface area contributed by atoms with Gasteiger partial charge in [-0.15, -0.1) is 24.8 Å². The third kappa shape index (κ3) is 3.82. The van der Waals surface area contributed by atoms with Crippen molar-refractivity contribution in [3.63, 3.8) is 0 Å². The van der Waals surface area contributed by atoms with Crippen LogP contribution in [0.4, 0.5) is 0 Å². The van der Waals surface area contributed by atoms with Crippen molar-refractivity contribution >= 4 is 24.8 Å². The summed E-state index contributed by atoms with van der Waals surface area (Å²) in [5.41, 5.74) is 1.23. The standard InChI is InChI=1S/C10H14N2.2ClH/c1-2-6-12-10(3-1)5-4-9-7-11-8-9;;/h1-3,6,9,11H,4-5,7-8H2;2*1H. The highest BCUT2D eigenvalue weighted by Crippen LogP contribution is 2.11. The summed E-state index contributed by atoms with van der Waals surface area (Å²) in [4.78, 5) is 4.29. The average Bonchev–Trinajstić information content (AvgIpc) is 2.04. The van der Waals surface area contributed by atoms with Crippen molar-refractivity contribution < 1.29 is 0 Å². The smallest absolute Gasteiger partial charge is 0.0403 e. The van der Waals surface area contributed by atoms with Crippen LogP contribution in [-0.4, -0.2) is 18.1 Å². The summed E-state index contributed by atoms with van der Waals surface area (Å²) in [5.74, 6) is 0.895. The van der Waals surface area contributed by atoms with Crippen LogP contribution in [-0.2, 0) is 6.42 Å². The van der Waals surface area contributed by atoms with Crippen LogP contribution in [0.5, 0.6) is 0 Å². The van der Waals surface area contributed by atoms with Crippen LogP contribution >= 0.6 is 24.8 Å². The molecule has 0 aliphatic carbocycles. The molecule has 1 saturated heterocycles. The van der Waals surface area contributed by atoms with Crippen molar-refractivity contribution in [3.05, 3.63) is 30.1 Å². The number of hydrogen-bond acceptors (Lipinski definition) is 2. The normalized spacial score (nSPS) is 14.9. The molecule has 0 saturated carbocycles. The van der Waals surface area contributed by atoms with E-state index < -0.39 is 0 Å². The molecular weight excluding hydrogens is 219 g/mol. The lowest BCUT2D eigenvalue weighted by Gasteiger charge is -2.26. The van der Waals surface area contributed by atoms with E-state index in [1.54, 1.807) is 0 Å². The lowest BCUT2D eigenvalue weighted by molar-refractivity contribution is 0.327. The molecule has 14 heavy (non-hydrogen) atoms. The number of aryl methyl sites for hydroxylation is 1. The van der Waals surface area contributed by atoms with E-state index in [1.807, 2.05) is 12.3 Å². The lowest BCUT2D eigenvalue weighted by Crippen LogP contribution is -2.42. The van der Waals surface area contributed by atoms with E-state index in [4.69, 9.17) is 0 Å². The number of halogens is 2. The molecule has 0 aromatic carbocycles. The molecule has 0 radical (unpaired) electrons. The Balaban J connectivity index is 0.000000845. The first-order valence-corrected chi connectivity index (χ1v) is 4.56. The largest absolute Gasteiger partial charge is 0.316 e. The molecule has 2 rings (SSSR count). The van der Waals surface area contributed by atoms with Crippen LogP contribution < -0.4 is 5.32 Å². The van der Waals surface area contributed by atoms with E-state index in [9.17, 15) is 0 Å². The van der Waals surface area contributed by atoms with Crippen molar-refractivity contribution in [1.82, 2.24) is 10.3 Å². The number of pyridine rings is 1. The van der Waals surface area contributed by atoms with Gasteiger partial charge in [0.2, 0.25) is 0 Å². The van der Waals surface area contributed by atoms with Crippen LogP contribution in [0.25, 0.3) is 0 Å². The second kappa shape index (κ2) is 7.04. The minimum Gasteiger partial charge on any atom is -0.316 e. The summed E-state index contributed by atoms with van der Waals surface area (Å²) in [6, 6.07) is 6.13. The summed E-state index contributed by atoms with van der Waals surface area (Å²) >= 11 is 0. The Morgan fingerprint density at radius 3 is 2.57 bits per heavy atom. The van der Waals surface area contributed by atoms with E-state index in [0.29, 0.717) is 0 Å². The minimum atomic E-state index is 0. The van der Waals surface area contributed by atoms with E-state index in [1.165, 1.54) is 25.2 Å².